The lowest BCUT2D eigenvalue weighted by Crippen LogP contribution is -2.22. The average molecular weight is 376 g/mol. The number of pyridine rings is 1. The summed E-state index contributed by atoms with van der Waals surface area (Å²) in [7, 11) is 1.95. The number of aryl methyl sites for hydroxylation is 1. The first-order valence-electron chi connectivity index (χ1n) is 9.24. The summed E-state index contributed by atoms with van der Waals surface area (Å²) in [6.45, 7) is 0.639. The molecule has 0 amide bonds. The molecular formula is C21H20N4OS. The van der Waals surface area contributed by atoms with E-state index in [9.17, 15) is 5.11 Å². The molecule has 5 nitrogen and oxygen atoms in total. The number of fused-ring (bicyclic) bond motifs is 5. The highest BCUT2D eigenvalue weighted by atomic mass is 32.1. The van der Waals surface area contributed by atoms with Crippen LogP contribution in [-0.4, -0.2) is 40.3 Å². The summed E-state index contributed by atoms with van der Waals surface area (Å²) in [6.07, 6.45) is 4.94. The quantitative estimate of drug-likeness (QED) is 0.587. The third-order valence-electron chi connectivity index (χ3n) is 5.30. The van der Waals surface area contributed by atoms with Gasteiger partial charge in [-0.15, -0.1) is 11.3 Å². The number of aromatic nitrogens is 3. The van der Waals surface area contributed by atoms with E-state index in [0.29, 0.717) is 6.54 Å². The van der Waals surface area contributed by atoms with Gasteiger partial charge in [-0.3, -0.25) is 0 Å². The topological polar surface area (TPSA) is 62.1 Å². The Bertz CT molecular complexity index is 1140. The molecule has 27 heavy (non-hydrogen) atoms. The zero-order chi connectivity index (χ0) is 18.4. The van der Waals surface area contributed by atoms with Crippen LogP contribution in [0, 0.1) is 0 Å². The molecule has 0 atom stereocenters. The molecule has 3 aromatic heterocycles. The number of likely N-dealkylation sites (N-methyl/N-ethyl adjacent to an activating group) is 1. The standard InChI is InChI=1S/C21H20N4OS/c1-25(10-11-26)20-19-18(22-12-23-20)16-14-8-5-9-15(14)17(24-21(16)27-19)13-6-3-2-4-7-13/h2-4,6-7,12,26H,5,8-11H2,1H3. The number of aliphatic hydroxyl groups is 1. The highest BCUT2D eigenvalue weighted by Crippen LogP contribution is 2.43. The van der Waals surface area contributed by atoms with Crippen LogP contribution < -0.4 is 4.90 Å². The summed E-state index contributed by atoms with van der Waals surface area (Å²) in [6, 6.07) is 10.5. The van der Waals surface area contributed by atoms with Gasteiger partial charge in [0, 0.05) is 24.5 Å². The number of benzene rings is 1. The Morgan fingerprint density at radius 1 is 1.11 bits per heavy atom. The minimum absolute atomic E-state index is 0.0959. The molecule has 136 valence electrons. The lowest BCUT2D eigenvalue weighted by Gasteiger charge is -2.16. The van der Waals surface area contributed by atoms with Gasteiger partial charge >= 0.3 is 0 Å². The third-order valence-corrected chi connectivity index (χ3v) is 6.37. The molecule has 1 aromatic carbocycles. The second-order valence-electron chi connectivity index (χ2n) is 6.94. The Kier molecular flexibility index (Phi) is 4.02. The lowest BCUT2D eigenvalue weighted by molar-refractivity contribution is 0.304. The molecule has 0 spiro atoms. The van der Waals surface area contributed by atoms with Crippen LogP contribution in [0.3, 0.4) is 0 Å². The number of nitrogens with zero attached hydrogens (tertiary/aromatic N) is 4. The highest BCUT2D eigenvalue weighted by Gasteiger charge is 2.25. The maximum absolute atomic E-state index is 9.31. The molecule has 3 heterocycles. The van der Waals surface area contributed by atoms with Gasteiger partial charge < -0.3 is 10.0 Å². The molecule has 1 N–H and O–H groups in total. The fourth-order valence-corrected chi connectivity index (χ4v) is 5.25. The van der Waals surface area contributed by atoms with E-state index in [1.54, 1.807) is 17.7 Å². The Morgan fingerprint density at radius 3 is 2.74 bits per heavy atom. The van der Waals surface area contributed by atoms with Gasteiger partial charge in [0.15, 0.2) is 0 Å². The van der Waals surface area contributed by atoms with E-state index in [-0.39, 0.29) is 6.61 Å². The van der Waals surface area contributed by atoms with Crippen molar-refractivity contribution in [2.45, 2.75) is 19.3 Å². The van der Waals surface area contributed by atoms with Crippen LogP contribution in [-0.2, 0) is 12.8 Å². The van der Waals surface area contributed by atoms with Crippen LogP contribution in [0.4, 0.5) is 5.82 Å². The van der Waals surface area contributed by atoms with Gasteiger partial charge in [0.1, 0.15) is 17.0 Å². The van der Waals surface area contributed by atoms with Crippen molar-refractivity contribution in [2.24, 2.45) is 0 Å². The van der Waals surface area contributed by atoms with E-state index < -0.39 is 0 Å². The summed E-state index contributed by atoms with van der Waals surface area (Å²) >= 11 is 1.66. The van der Waals surface area contributed by atoms with Gasteiger partial charge in [0.05, 0.1) is 22.5 Å². The first kappa shape index (κ1) is 16.6. The molecule has 0 radical (unpaired) electrons. The van der Waals surface area contributed by atoms with Gasteiger partial charge in [0.2, 0.25) is 0 Å². The maximum Gasteiger partial charge on any atom is 0.149 e. The SMILES string of the molecule is CN(CCO)c1ncnc2c1sc1nc(-c3ccccc3)c3c(c12)CCC3. The van der Waals surface area contributed by atoms with Crippen molar-refractivity contribution in [3.8, 4) is 11.3 Å². The fraction of sp³-hybridized carbons (Fsp3) is 0.286. The van der Waals surface area contributed by atoms with Gasteiger partial charge in [-0.05, 0) is 30.4 Å². The highest BCUT2D eigenvalue weighted by molar-refractivity contribution is 7.26. The van der Waals surface area contributed by atoms with E-state index in [4.69, 9.17) is 4.98 Å². The molecule has 0 saturated heterocycles. The minimum Gasteiger partial charge on any atom is -0.395 e. The monoisotopic (exact) mass is 376 g/mol. The first-order valence-corrected chi connectivity index (χ1v) is 10.1. The molecule has 6 heteroatoms. The number of aliphatic hydroxyl groups excluding tert-OH is 1. The minimum atomic E-state index is 0.0959. The Labute approximate surface area is 161 Å². The Hall–Kier alpha value is -2.57. The number of thiophene rings is 1. The Morgan fingerprint density at radius 2 is 1.93 bits per heavy atom. The van der Waals surface area contributed by atoms with Gasteiger partial charge in [-0.25, -0.2) is 15.0 Å². The lowest BCUT2D eigenvalue weighted by atomic mass is 10.0. The average Bonchev–Trinajstić information content (AvgIpc) is 3.32. The number of anilines is 1. The Balaban J connectivity index is 1.81. The van der Waals surface area contributed by atoms with Crippen LogP contribution in [0.15, 0.2) is 36.7 Å². The van der Waals surface area contributed by atoms with Crippen molar-refractivity contribution in [1.29, 1.82) is 0 Å². The van der Waals surface area contributed by atoms with E-state index in [0.717, 1.165) is 45.8 Å². The summed E-state index contributed by atoms with van der Waals surface area (Å²) in [5.41, 5.74) is 6.06. The maximum atomic E-state index is 9.31. The van der Waals surface area contributed by atoms with Crippen LogP contribution in [0.2, 0.25) is 0 Å². The zero-order valence-corrected chi connectivity index (χ0v) is 16.0. The zero-order valence-electron chi connectivity index (χ0n) is 15.1. The smallest absolute Gasteiger partial charge is 0.149 e. The second kappa shape index (κ2) is 6.55. The number of hydrogen-bond acceptors (Lipinski definition) is 6. The van der Waals surface area contributed by atoms with E-state index in [1.165, 1.54) is 22.1 Å². The third kappa shape index (κ3) is 2.59. The van der Waals surface area contributed by atoms with E-state index in [2.05, 4.69) is 34.2 Å². The molecule has 0 fully saturated rings. The first-order chi connectivity index (χ1) is 13.3. The molecule has 4 aromatic rings. The fourth-order valence-electron chi connectivity index (χ4n) is 4.05. The predicted octanol–water partition coefficient (Wildman–Crippen LogP) is 3.82. The van der Waals surface area contributed by atoms with Crippen LogP contribution in [0.1, 0.15) is 17.5 Å². The van der Waals surface area contributed by atoms with Gasteiger partial charge in [-0.2, -0.15) is 0 Å². The molecule has 0 bridgehead atoms. The van der Waals surface area contributed by atoms with Gasteiger partial charge in [-0.1, -0.05) is 30.3 Å². The van der Waals surface area contributed by atoms with Crippen LogP contribution in [0.25, 0.3) is 31.7 Å². The van der Waals surface area contributed by atoms with E-state index >= 15 is 0 Å². The molecule has 5 rings (SSSR count). The number of rotatable bonds is 4. The normalized spacial score (nSPS) is 13.4. The van der Waals surface area contributed by atoms with Crippen molar-refractivity contribution in [1.82, 2.24) is 15.0 Å². The van der Waals surface area contributed by atoms with Crippen molar-refractivity contribution >= 4 is 37.6 Å². The molecule has 0 unspecified atom stereocenters. The largest absolute Gasteiger partial charge is 0.395 e. The summed E-state index contributed by atoms with van der Waals surface area (Å²) in [5, 5.41) is 10.5. The summed E-state index contributed by atoms with van der Waals surface area (Å²) in [4.78, 5) is 17.2. The van der Waals surface area contributed by atoms with Crippen LogP contribution >= 0.6 is 11.3 Å². The number of hydrogen-bond donors (Lipinski definition) is 1. The van der Waals surface area contributed by atoms with Crippen molar-refractivity contribution in [2.75, 3.05) is 25.1 Å². The van der Waals surface area contributed by atoms with Crippen molar-refractivity contribution < 1.29 is 5.11 Å². The molecule has 0 saturated carbocycles. The molecule has 1 aliphatic rings. The molecule has 0 aliphatic heterocycles. The summed E-state index contributed by atoms with van der Waals surface area (Å²) < 4.78 is 1.05. The van der Waals surface area contributed by atoms with Crippen LogP contribution in [0.5, 0.6) is 0 Å². The van der Waals surface area contributed by atoms with Gasteiger partial charge in [0.25, 0.3) is 0 Å². The molecular weight excluding hydrogens is 356 g/mol. The predicted molar refractivity (Wildman–Crippen MR) is 111 cm³/mol. The summed E-state index contributed by atoms with van der Waals surface area (Å²) in [5.74, 6) is 0.866. The van der Waals surface area contributed by atoms with Crippen molar-refractivity contribution in [3.05, 3.63) is 47.8 Å². The molecule has 1 aliphatic carbocycles. The van der Waals surface area contributed by atoms with E-state index in [1.807, 2.05) is 18.0 Å². The van der Waals surface area contributed by atoms with Crippen molar-refractivity contribution in [3.63, 3.8) is 0 Å². The second-order valence-corrected chi connectivity index (χ2v) is 7.94.